The van der Waals surface area contributed by atoms with Crippen LogP contribution < -0.4 is 0 Å². The van der Waals surface area contributed by atoms with Crippen LogP contribution in [0, 0.1) is 12.8 Å². The zero-order valence-corrected chi connectivity index (χ0v) is 15.9. The topological polar surface area (TPSA) is 54.5 Å². The lowest BCUT2D eigenvalue weighted by atomic mass is 10.1. The maximum absolute atomic E-state index is 12.8. The van der Waals surface area contributed by atoms with Crippen molar-refractivity contribution < 1.29 is 13.2 Å². The van der Waals surface area contributed by atoms with Gasteiger partial charge < -0.3 is 0 Å². The quantitative estimate of drug-likeness (QED) is 0.789. The second kappa shape index (κ2) is 5.39. The predicted molar refractivity (Wildman–Crippen MR) is 93.4 cm³/mol. The third-order valence-corrected chi connectivity index (χ3v) is 8.63. The summed E-state index contributed by atoms with van der Waals surface area (Å²) in [5.41, 5.74) is 2.13. The van der Waals surface area contributed by atoms with Gasteiger partial charge in [0.15, 0.2) is 5.78 Å². The number of sulfonamides is 1. The van der Waals surface area contributed by atoms with Gasteiger partial charge in [-0.1, -0.05) is 37.3 Å². The first-order valence-corrected chi connectivity index (χ1v) is 12.9. The smallest absolute Gasteiger partial charge is 0.243 e. The molecule has 0 amide bonds. The van der Waals surface area contributed by atoms with E-state index in [9.17, 15) is 13.2 Å². The number of nitrogens with zero attached hydrogens (tertiary/aromatic N) is 1. The first kappa shape index (κ1) is 16.6. The van der Waals surface area contributed by atoms with Gasteiger partial charge in [0, 0.05) is 25.4 Å². The van der Waals surface area contributed by atoms with Crippen LogP contribution in [0.5, 0.6) is 0 Å². The molecule has 6 heteroatoms. The summed E-state index contributed by atoms with van der Waals surface area (Å²) in [6.45, 7) is 9.23. The standard InChI is InChI=1S/C17H23NO3SSi/c1-12-5-7-14(8-6-12)22(20,21)18-10-13-9-16(19)17(15(13)11-18)23(2,3)4/h5-8,13H,9-11H2,1-4H3. The second-order valence-electron chi connectivity index (χ2n) is 7.59. The van der Waals surface area contributed by atoms with Crippen LogP contribution in [0.15, 0.2) is 39.9 Å². The van der Waals surface area contributed by atoms with E-state index in [1.165, 1.54) is 0 Å². The molecule has 1 fully saturated rings. The minimum Gasteiger partial charge on any atom is -0.295 e. The van der Waals surface area contributed by atoms with Crippen LogP contribution in [0.3, 0.4) is 0 Å². The first-order chi connectivity index (χ1) is 10.6. The molecule has 0 N–H and O–H groups in total. The van der Waals surface area contributed by atoms with E-state index < -0.39 is 18.1 Å². The molecule has 1 aliphatic heterocycles. The molecular formula is C17H23NO3SSi. The van der Waals surface area contributed by atoms with Crippen molar-refractivity contribution in [3.63, 3.8) is 0 Å². The van der Waals surface area contributed by atoms with Crippen LogP contribution in [0.1, 0.15) is 12.0 Å². The van der Waals surface area contributed by atoms with Crippen molar-refractivity contribution >= 4 is 23.9 Å². The van der Waals surface area contributed by atoms with Crippen molar-refractivity contribution in [2.24, 2.45) is 5.92 Å². The van der Waals surface area contributed by atoms with Crippen LogP contribution in [0.2, 0.25) is 19.6 Å². The molecule has 1 heterocycles. The van der Waals surface area contributed by atoms with E-state index in [0.717, 1.165) is 16.3 Å². The molecule has 1 saturated heterocycles. The molecule has 1 aliphatic carbocycles. The summed E-state index contributed by atoms with van der Waals surface area (Å²) < 4.78 is 27.2. The molecule has 2 aliphatic rings. The zero-order valence-electron chi connectivity index (χ0n) is 14.1. The number of aryl methyl sites for hydroxylation is 1. The van der Waals surface area contributed by atoms with E-state index in [4.69, 9.17) is 0 Å². The molecule has 23 heavy (non-hydrogen) atoms. The Bertz CT molecular complexity index is 788. The summed E-state index contributed by atoms with van der Waals surface area (Å²) in [5, 5.41) is 0.976. The van der Waals surface area contributed by atoms with Crippen LogP contribution in [0.25, 0.3) is 0 Å². The van der Waals surface area contributed by atoms with Gasteiger partial charge in [-0.05, 0) is 29.8 Å². The Labute approximate surface area is 139 Å². The number of benzene rings is 1. The van der Waals surface area contributed by atoms with Gasteiger partial charge in [-0.2, -0.15) is 4.31 Å². The minimum atomic E-state index is -3.48. The van der Waals surface area contributed by atoms with Crippen molar-refractivity contribution in [1.29, 1.82) is 0 Å². The van der Waals surface area contributed by atoms with Gasteiger partial charge in [0.25, 0.3) is 0 Å². The summed E-state index contributed by atoms with van der Waals surface area (Å²) in [7, 11) is -5.22. The Hall–Kier alpha value is -1.24. The maximum atomic E-state index is 12.8. The van der Waals surface area contributed by atoms with E-state index >= 15 is 0 Å². The number of fused-ring (bicyclic) bond motifs is 1. The molecule has 0 aromatic heterocycles. The Morgan fingerprint density at radius 2 is 1.74 bits per heavy atom. The molecule has 124 valence electrons. The highest BCUT2D eigenvalue weighted by atomic mass is 32.2. The minimum absolute atomic E-state index is 0.0875. The molecule has 1 unspecified atom stereocenters. The monoisotopic (exact) mass is 349 g/mol. The number of carbonyl (C=O) groups excluding carboxylic acids is 1. The lowest BCUT2D eigenvalue weighted by molar-refractivity contribution is -0.114. The van der Waals surface area contributed by atoms with Gasteiger partial charge in [-0.15, -0.1) is 0 Å². The van der Waals surface area contributed by atoms with Crippen LogP contribution in [-0.4, -0.2) is 39.7 Å². The Morgan fingerprint density at radius 3 is 2.30 bits per heavy atom. The molecule has 3 rings (SSSR count). The molecular weight excluding hydrogens is 326 g/mol. The van der Waals surface area contributed by atoms with Crippen LogP contribution in [0.4, 0.5) is 0 Å². The first-order valence-electron chi connectivity index (χ1n) is 7.94. The fourth-order valence-corrected chi connectivity index (χ4v) is 7.31. The van der Waals surface area contributed by atoms with E-state index in [-0.39, 0.29) is 11.7 Å². The van der Waals surface area contributed by atoms with Crippen LogP contribution >= 0.6 is 0 Å². The van der Waals surface area contributed by atoms with Crippen molar-refractivity contribution in [3.8, 4) is 0 Å². The van der Waals surface area contributed by atoms with E-state index in [0.29, 0.717) is 24.4 Å². The highest BCUT2D eigenvalue weighted by Gasteiger charge is 2.45. The van der Waals surface area contributed by atoms with E-state index in [1.807, 2.05) is 19.1 Å². The molecule has 0 radical (unpaired) electrons. The summed E-state index contributed by atoms with van der Waals surface area (Å²) in [6, 6.07) is 6.97. The average molecular weight is 350 g/mol. The summed E-state index contributed by atoms with van der Waals surface area (Å²) >= 11 is 0. The SMILES string of the molecule is Cc1ccc(S(=O)(=O)N2CC3=C([Si](C)(C)C)C(=O)CC3C2)cc1. The molecule has 0 saturated carbocycles. The number of Topliss-reactive ketones (excluding diaryl/α,β-unsaturated/α-hetero) is 1. The third-order valence-electron chi connectivity index (χ3n) is 4.70. The number of hydrogen-bond acceptors (Lipinski definition) is 3. The number of allylic oxidation sites excluding steroid dienone is 1. The molecule has 0 bridgehead atoms. The van der Waals surface area contributed by atoms with E-state index in [1.54, 1.807) is 16.4 Å². The summed E-state index contributed by atoms with van der Waals surface area (Å²) in [4.78, 5) is 12.6. The Balaban J connectivity index is 1.95. The zero-order chi connectivity index (χ0) is 17.0. The van der Waals surface area contributed by atoms with Gasteiger partial charge in [-0.3, -0.25) is 4.79 Å². The number of carbonyl (C=O) groups is 1. The fourth-order valence-electron chi connectivity index (χ4n) is 3.66. The third kappa shape index (κ3) is 2.83. The largest absolute Gasteiger partial charge is 0.295 e. The molecule has 0 spiro atoms. The number of hydrogen-bond donors (Lipinski definition) is 0. The van der Waals surface area contributed by atoms with Gasteiger partial charge in [0.2, 0.25) is 10.0 Å². The predicted octanol–water partition coefficient (Wildman–Crippen LogP) is 2.76. The summed E-state index contributed by atoms with van der Waals surface area (Å²) in [5.74, 6) is 0.334. The van der Waals surface area contributed by atoms with Crippen molar-refractivity contribution in [3.05, 3.63) is 40.6 Å². The van der Waals surface area contributed by atoms with Crippen molar-refractivity contribution in [2.45, 2.75) is 37.9 Å². The van der Waals surface area contributed by atoms with Gasteiger partial charge in [0.05, 0.1) is 13.0 Å². The average Bonchev–Trinajstić information content (AvgIpc) is 2.94. The van der Waals surface area contributed by atoms with Crippen LogP contribution in [-0.2, 0) is 14.8 Å². The molecule has 1 atom stereocenters. The highest BCUT2D eigenvalue weighted by molar-refractivity contribution is 7.89. The van der Waals surface area contributed by atoms with Gasteiger partial charge in [-0.25, -0.2) is 8.42 Å². The van der Waals surface area contributed by atoms with Gasteiger partial charge in [0.1, 0.15) is 0 Å². The maximum Gasteiger partial charge on any atom is 0.243 e. The highest BCUT2D eigenvalue weighted by Crippen LogP contribution is 2.41. The Kier molecular flexibility index (Phi) is 3.90. The van der Waals surface area contributed by atoms with E-state index in [2.05, 4.69) is 19.6 Å². The Morgan fingerprint density at radius 1 is 1.13 bits per heavy atom. The normalized spacial score (nSPS) is 22.8. The molecule has 1 aromatic carbocycles. The lowest BCUT2D eigenvalue weighted by Crippen LogP contribution is -2.32. The number of rotatable bonds is 3. The summed E-state index contributed by atoms with van der Waals surface area (Å²) in [6.07, 6.45) is 0.481. The second-order valence-corrected chi connectivity index (χ2v) is 14.5. The van der Waals surface area contributed by atoms with Crippen molar-refractivity contribution in [1.82, 2.24) is 4.31 Å². The molecule has 4 nitrogen and oxygen atoms in total. The molecule has 1 aromatic rings. The van der Waals surface area contributed by atoms with Crippen molar-refractivity contribution in [2.75, 3.05) is 13.1 Å². The fraction of sp³-hybridized carbons (Fsp3) is 0.471. The lowest BCUT2D eigenvalue weighted by Gasteiger charge is -2.20. The number of ketones is 1. The van der Waals surface area contributed by atoms with Gasteiger partial charge >= 0.3 is 0 Å².